The summed E-state index contributed by atoms with van der Waals surface area (Å²) in [5.41, 5.74) is 9.06. The van der Waals surface area contributed by atoms with Crippen molar-refractivity contribution in [2.45, 2.75) is 32.2 Å². The molecule has 0 aliphatic carbocycles. The molecule has 2 N–H and O–H groups in total. The molecule has 0 aliphatic rings. The molecule has 0 aliphatic heterocycles. The minimum Gasteiger partial charge on any atom is -0.323 e. The van der Waals surface area contributed by atoms with Crippen molar-refractivity contribution in [2.24, 2.45) is 5.73 Å². The molecule has 4 nitrogen and oxygen atoms in total. The smallest absolute Gasteiger partial charge is 0.0803 e. The number of hydrogen-bond acceptors (Lipinski definition) is 6. The molecule has 0 saturated carbocycles. The lowest BCUT2D eigenvalue weighted by Gasteiger charge is -2.08. The largest absolute Gasteiger partial charge is 0.323 e. The second-order valence-corrected chi connectivity index (χ2v) is 5.37. The molecule has 16 heavy (non-hydrogen) atoms. The molecular formula is C10H14N4S2. The van der Waals surface area contributed by atoms with E-state index in [1.165, 1.54) is 16.4 Å². The van der Waals surface area contributed by atoms with Crippen molar-refractivity contribution in [3.8, 4) is 0 Å². The summed E-state index contributed by atoms with van der Waals surface area (Å²) in [6.45, 7) is 2.14. The van der Waals surface area contributed by atoms with Gasteiger partial charge in [-0.2, -0.15) is 0 Å². The molecule has 6 heteroatoms. The molecular weight excluding hydrogens is 240 g/mol. The summed E-state index contributed by atoms with van der Waals surface area (Å²) in [7, 11) is 0. The third kappa shape index (κ3) is 2.63. The molecule has 2 aromatic heterocycles. The third-order valence-electron chi connectivity index (χ3n) is 2.31. The van der Waals surface area contributed by atoms with Gasteiger partial charge in [0.1, 0.15) is 0 Å². The minimum absolute atomic E-state index is 0.00185. The number of thiazole rings is 1. The Bertz CT molecular complexity index is 424. The highest BCUT2D eigenvalue weighted by Crippen LogP contribution is 2.24. The molecule has 0 saturated heterocycles. The Kier molecular flexibility index (Phi) is 3.98. The van der Waals surface area contributed by atoms with E-state index in [1.807, 2.05) is 11.7 Å². The Morgan fingerprint density at radius 2 is 2.38 bits per heavy atom. The van der Waals surface area contributed by atoms with Gasteiger partial charge in [-0.3, -0.25) is 4.98 Å². The number of rotatable bonds is 5. The SMILES string of the molecule is CCCc1nnsc1C(N)Cc1cncs1. The fraction of sp³-hybridized carbons (Fsp3) is 0.500. The molecule has 0 aromatic carbocycles. The second kappa shape index (κ2) is 5.47. The van der Waals surface area contributed by atoms with Crippen molar-refractivity contribution in [3.05, 3.63) is 27.2 Å². The summed E-state index contributed by atoms with van der Waals surface area (Å²) < 4.78 is 3.99. The molecule has 2 aromatic rings. The molecule has 2 rings (SSSR count). The average Bonchev–Trinajstić information content (AvgIpc) is 2.89. The van der Waals surface area contributed by atoms with Gasteiger partial charge in [0.15, 0.2) is 0 Å². The Labute approximate surface area is 103 Å². The van der Waals surface area contributed by atoms with Crippen LogP contribution in [0.3, 0.4) is 0 Å². The van der Waals surface area contributed by atoms with Crippen molar-refractivity contribution in [2.75, 3.05) is 0 Å². The van der Waals surface area contributed by atoms with Crippen molar-refractivity contribution in [1.29, 1.82) is 0 Å². The van der Waals surface area contributed by atoms with Gasteiger partial charge < -0.3 is 5.73 Å². The molecule has 0 spiro atoms. The van der Waals surface area contributed by atoms with Gasteiger partial charge in [-0.05, 0) is 18.0 Å². The van der Waals surface area contributed by atoms with Crippen molar-refractivity contribution < 1.29 is 0 Å². The van der Waals surface area contributed by atoms with E-state index >= 15 is 0 Å². The van der Waals surface area contributed by atoms with Gasteiger partial charge in [-0.15, -0.1) is 16.4 Å². The van der Waals surface area contributed by atoms with E-state index in [1.54, 1.807) is 11.3 Å². The normalized spacial score (nSPS) is 12.9. The molecule has 1 atom stereocenters. The summed E-state index contributed by atoms with van der Waals surface area (Å²) >= 11 is 3.06. The quantitative estimate of drug-likeness (QED) is 0.888. The topological polar surface area (TPSA) is 64.7 Å². The van der Waals surface area contributed by atoms with Crippen LogP contribution >= 0.6 is 22.9 Å². The zero-order valence-electron chi connectivity index (χ0n) is 9.09. The van der Waals surface area contributed by atoms with Gasteiger partial charge >= 0.3 is 0 Å². The number of aryl methyl sites for hydroxylation is 1. The van der Waals surface area contributed by atoms with Crippen LogP contribution in [0, 0.1) is 0 Å². The van der Waals surface area contributed by atoms with Crippen LogP contribution in [-0.2, 0) is 12.8 Å². The second-order valence-electron chi connectivity index (χ2n) is 3.61. The first kappa shape index (κ1) is 11.6. The van der Waals surface area contributed by atoms with Crippen LogP contribution in [0.5, 0.6) is 0 Å². The maximum absolute atomic E-state index is 6.17. The molecule has 0 amide bonds. The molecule has 86 valence electrons. The molecule has 0 radical (unpaired) electrons. The maximum atomic E-state index is 6.17. The van der Waals surface area contributed by atoms with Crippen LogP contribution in [0.25, 0.3) is 0 Å². The average molecular weight is 254 g/mol. The molecule has 2 heterocycles. The number of nitrogens with two attached hydrogens (primary N) is 1. The summed E-state index contributed by atoms with van der Waals surface area (Å²) in [4.78, 5) is 6.38. The van der Waals surface area contributed by atoms with Crippen LogP contribution in [0.1, 0.15) is 34.8 Å². The predicted octanol–water partition coefficient (Wildman–Crippen LogP) is 2.19. The summed E-state index contributed by atoms with van der Waals surface area (Å²) in [5.74, 6) is 0. The first-order valence-corrected chi connectivity index (χ1v) is 6.90. The lowest BCUT2D eigenvalue weighted by Crippen LogP contribution is -2.13. The zero-order chi connectivity index (χ0) is 11.4. The van der Waals surface area contributed by atoms with Crippen LogP contribution in [0.4, 0.5) is 0 Å². The van der Waals surface area contributed by atoms with Crippen molar-refractivity contribution in [3.63, 3.8) is 0 Å². The Balaban J connectivity index is 2.08. The van der Waals surface area contributed by atoms with E-state index in [0.717, 1.165) is 29.8 Å². The number of hydrogen-bond donors (Lipinski definition) is 1. The molecule has 0 bridgehead atoms. The van der Waals surface area contributed by atoms with Crippen molar-refractivity contribution >= 4 is 22.9 Å². The molecule has 1 unspecified atom stereocenters. The lowest BCUT2D eigenvalue weighted by atomic mass is 10.1. The van der Waals surface area contributed by atoms with E-state index in [0.29, 0.717) is 0 Å². The zero-order valence-corrected chi connectivity index (χ0v) is 10.7. The van der Waals surface area contributed by atoms with E-state index in [4.69, 9.17) is 5.73 Å². The van der Waals surface area contributed by atoms with E-state index < -0.39 is 0 Å². The van der Waals surface area contributed by atoms with E-state index in [2.05, 4.69) is 21.5 Å². The fourth-order valence-electron chi connectivity index (χ4n) is 1.56. The van der Waals surface area contributed by atoms with Crippen molar-refractivity contribution in [1.82, 2.24) is 14.6 Å². The van der Waals surface area contributed by atoms with Crippen LogP contribution < -0.4 is 5.73 Å². The van der Waals surface area contributed by atoms with Gasteiger partial charge in [-0.25, -0.2) is 0 Å². The first-order chi connectivity index (χ1) is 7.81. The Morgan fingerprint density at radius 3 is 3.06 bits per heavy atom. The predicted molar refractivity (Wildman–Crippen MR) is 66.7 cm³/mol. The minimum atomic E-state index is 0.00185. The van der Waals surface area contributed by atoms with Crippen LogP contribution in [-0.4, -0.2) is 14.6 Å². The summed E-state index contributed by atoms with van der Waals surface area (Å²) in [6, 6.07) is 0.00185. The van der Waals surface area contributed by atoms with E-state index in [-0.39, 0.29) is 6.04 Å². The fourth-order valence-corrected chi connectivity index (χ4v) is 2.91. The van der Waals surface area contributed by atoms with Crippen LogP contribution in [0.15, 0.2) is 11.7 Å². The summed E-state index contributed by atoms with van der Waals surface area (Å²) in [5, 5.41) is 4.13. The first-order valence-electron chi connectivity index (χ1n) is 5.25. The van der Waals surface area contributed by atoms with Gasteiger partial charge in [0.05, 0.1) is 16.1 Å². The van der Waals surface area contributed by atoms with E-state index in [9.17, 15) is 0 Å². The molecule has 0 fully saturated rings. The maximum Gasteiger partial charge on any atom is 0.0803 e. The monoisotopic (exact) mass is 254 g/mol. The number of nitrogens with zero attached hydrogens (tertiary/aromatic N) is 3. The van der Waals surface area contributed by atoms with Gasteiger partial charge in [0, 0.05) is 23.5 Å². The van der Waals surface area contributed by atoms with Gasteiger partial charge in [-0.1, -0.05) is 17.8 Å². The highest BCUT2D eigenvalue weighted by atomic mass is 32.1. The highest BCUT2D eigenvalue weighted by Gasteiger charge is 2.16. The number of aromatic nitrogens is 3. The standard InChI is InChI=1S/C10H14N4S2/c1-2-3-9-10(16-14-13-9)8(11)4-7-5-12-6-15-7/h5-6,8H,2-4,11H2,1H3. The van der Waals surface area contributed by atoms with Gasteiger partial charge in [0.25, 0.3) is 0 Å². The third-order valence-corrected chi connectivity index (χ3v) is 4.01. The Hall–Kier alpha value is -0.850. The van der Waals surface area contributed by atoms with Crippen LogP contribution in [0.2, 0.25) is 0 Å². The summed E-state index contributed by atoms with van der Waals surface area (Å²) in [6.07, 6.45) is 4.73. The Morgan fingerprint density at radius 1 is 1.50 bits per heavy atom. The highest BCUT2D eigenvalue weighted by molar-refractivity contribution is 7.09. The van der Waals surface area contributed by atoms with Gasteiger partial charge in [0.2, 0.25) is 0 Å². The lowest BCUT2D eigenvalue weighted by molar-refractivity contribution is 0.721.